The number of aliphatic carboxylic acids is 1. The first kappa shape index (κ1) is 14.0. The molecule has 1 fully saturated rings. The molecule has 0 radical (unpaired) electrons. The third-order valence-corrected chi connectivity index (χ3v) is 6.06. The van der Waals surface area contributed by atoms with Crippen molar-refractivity contribution in [3.63, 3.8) is 0 Å². The molecule has 1 aliphatic carbocycles. The van der Waals surface area contributed by atoms with Gasteiger partial charge in [0.25, 0.3) is 0 Å². The zero-order valence-corrected chi connectivity index (χ0v) is 11.5. The second-order valence-corrected chi connectivity index (χ2v) is 7.42. The fraction of sp³-hybridized carbons (Fsp3) is 0.455. The van der Waals surface area contributed by atoms with Crippen molar-refractivity contribution in [2.24, 2.45) is 5.92 Å². The predicted octanol–water partition coefficient (Wildman–Crippen LogP) is 1.15. The van der Waals surface area contributed by atoms with E-state index in [-0.39, 0.29) is 10.3 Å². The van der Waals surface area contributed by atoms with Crippen LogP contribution in [-0.4, -0.2) is 25.5 Å². The summed E-state index contributed by atoms with van der Waals surface area (Å²) < 4.78 is 26.7. The van der Waals surface area contributed by atoms with Crippen LogP contribution >= 0.6 is 11.3 Å². The largest absolute Gasteiger partial charge is 0.481 e. The highest BCUT2D eigenvalue weighted by Crippen LogP contribution is 2.28. The second kappa shape index (κ2) is 5.28. The molecule has 8 heteroatoms. The zero-order valence-electron chi connectivity index (χ0n) is 9.87. The molecule has 0 saturated heterocycles. The Morgan fingerprint density at radius 3 is 2.74 bits per heavy atom. The number of nitrogens with one attached hydrogen (secondary N) is 1. The van der Waals surface area contributed by atoms with Crippen LogP contribution in [0.2, 0.25) is 0 Å². The van der Waals surface area contributed by atoms with E-state index in [4.69, 9.17) is 10.4 Å². The molecule has 2 unspecified atom stereocenters. The van der Waals surface area contributed by atoms with Gasteiger partial charge in [0.15, 0.2) is 0 Å². The third-order valence-electron chi connectivity index (χ3n) is 3.06. The first-order valence-corrected chi connectivity index (χ1v) is 7.97. The van der Waals surface area contributed by atoms with Gasteiger partial charge in [0.2, 0.25) is 10.0 Å². The van der Waals surface area contributed by atoms with Gasteiger partial charge in [0, 0.05) is 6.04 Å². The van der Waals surface area contributed by atoms with Crippen LogP contribution < -0.4 is 4.72 Å². The van der Waals surface area contributed by atoms with Crippen molar-refractivity contribution in [3.8, 4) is 6.07 Å². The Morgan fingerprint density at radius 1 is 1.47 bits per heavy atom. The summed E-state index contributed by atoms with van der Waals surface area (Å²) in [6, 6.07) is 4.37. The summed E-state index contributed by atoms with van der Waals surface area (Å²) >= 11 is 0.902. The first-order chi connectivity index (χ1) is 8.92. The number of rotatable bonds is 4. The van der Waals surface area contributed by atoms with Gasteiger partial charge in [-0.15, -0.1) is 11.3 Å². The maximum absolute atomic E-state index is 12.0. The molecule has 0 amide bonds. The Bertz CT molecular complexity index is 629. The van der Waals surface area contributed by atoms with Crippen LogP contribution in [0.3, 0.4) is 0 Å². The van der Waals surface area contributed by atoms with Gasteiger partial charge >= 0.3 is 5.97 Å². The van der Waals surface area contributed by atoms with Crippen LogP contribution in [0.5, 0.6) is 0 Å². The molecular weight excluding hydrogens is 288 g/mol. The summed E-state index contributed by atoms with van der Waals surface area (Å²) in [5.74, 6) is -1.37. The molecule has 0 spiro atoms. The highest BCUT2D eigenvalue weighted by Gasteiger charge is 2.32. The molecule has 102 valence electrons. The van der Waals surface area contributed by atoms with Crippen molar-refractivity contribution in [1.82, 2.24) is 4.72 Å². The summed E-state index contributed by atoms with van der Waals surface area (Å²) in [5.41, 5.74) is 0. The van der Waals surface area contributed by atoms with E-state index in [9.17, 15) is 13.2 Å². The van der Waals surface area contributed by atoms with E-state index >= 15 is 0 Å². The number of hydrogen-bond donors (Lipinski definition) is 2. The van der Waals surface area contributed by atoms with Crippen LogP contribution in [0.25, 0.3) is 0 Å². The molecular formula is C11H12N2O4S2. The molecule has 1 heterocycles. The maximum atomic E-state index is 12.0. The SMILES string of the molecule is N#Cc1ccc(S(=O)(=O)NC2CCC(C(=O)O)C2)s1. The molecule has 0 aromatic carbocycles. The van der Waals surface area contributed by atoms with Gasteiger partial charge in [-0.05, 0) is 31.4 Å². The smallest absolute Gasteiger partial charge is 0.306 e. The molecule has 0 aliphatic heterocycles. The number of nitrogens with zero attached hydrogens (tertiary/aromatic N) is 1. The number of carboxylic acid groups (broad SMARTS) is 1. The minimum absolute atomic E-state index is 0.0859. The lowest BCUT2D eigenvalue weighted by molar-refractivity contribution is -0.141. The van der Waals surface area contributed by atoms with Gasteiger partial charge in [-0.1, -0.05) is 0 Å². The summed E-state index contributed by atoms with van der Waals surface area (Å²) in [7, 11) is -3.66. The van der Waals surface area contributed by atoms with E-state index < -0.39 is 21.9 Å². The highest BCUT2D eigenvalue weighted by molar-refractivity contribution is 7.91. The minimum atomic E-state index is -3.66. The van der Waals surface area contributed by atoms with Crippen molar-refractivity contribution in [3.05, 3.63) is 17.0 Å². The fourth-order valence-corrected chi connectivity index (χ4v) is 4.52. The lowest BCUT2D eigenvalue weighted by atomic mass is 10.1. The Hall–Kier alpha value is -1.43. The normalized spacial score (nSPS) is 23.1. The molecule has 1 aliphatic rings. The van der Waals surface area contributed by atoms with Crippen LogP contribution in [0.1, 0.15) is 24.1 Å². The molecule has 2 N–H and O–H groups in total. The molecule has 1 aromatic heterocycles. The Kier molecular flexibility index (Phi) is 3.89. The quantitative estimate of drug-likeness (QED) is 0.867. The average Bonchev–Trinajstić information content (AvgIpc) is 2.96. The lowest BCUT2D eigenvalue weighted by Gasteiger charge is -2.11. The van der Waals surface area contributed by atoms with Gasteiger partial charge < -0.3 is 5.11 Å². The fourth-order valence-electron chi connectivity index (χ4n) is 2.12. The van der Waals surface area contributed by atoms with Crippen molar-refractivity contribution < 1.29 is 18.3 Å². The Morgan fingerprint density at radius 2 is 2.21 bits per heavy atom. The molecule has 2 rings (SSSR count). The van der Waals surface area contributed by atoms with Gasteiger partial charge in [0.1, 0.15) is 15.2 Å². The summed E-state index contributed by atoms with van der Waals surface area (Å²) in [6.45, 7) is 0. The van der Waals surface area contributed by atoms with Gasteiger partial charge in [-0.25, -0.2) is 13.1 Å². The number of carboxylic acids is 1. The van der Waals surface area contributed by atoms with Gasteiger partial charge in [-0.2, -0.15) is 5.26 Å². The molecule has 1 aromatic rings. The number of nitriles is 1. The highest BCUT2D eigenvalue weighted by atomic mass is 32.2. The molecule has 19 heavy (non-hydrogen) atoms. The molecule has 1 saturated carbocycles. The molecule has 6 nitrogen and oxygen atoms in total. The summed E-state index contributed by atoms with van der Waals surface area (Å²) in [6.07, 6.45) is 1.31. The molecule has 2 atom stereocenters. The van der Waals surface area contributed by atoms with E-state index in [2.05, 4.69) is 4.72 Å². The predicted molar refractivity (Wildman–Crippen MR) is 68.1 cm³/mol. The lowest BCUT2D eigenvalue weighted by Crippen LogP contribution is -2.32. The maximum Gasteiger partial charge on any atom is 0.306 e. The minimum Gasteiger partial charge on any atom is -0.481 e. The van der Waals surface area contributed by atoms with Gasteiger partial charge in [-0.3, -0.25) is 4.79 Å². The number of hydrogen-bond acceptors (Lipinski definition) is 5. The van der Waals surface area contributed by atoms with Crippen molar-refractivity contribution >= 4 is 27.3 Å². The first-order valence-electron chi connectivity index (χ1n) is 5.67. The van der Waals surface area contributed by atoms with Gasteiger partial charge in [0.05, 0.1) is 5.92 Å². The van der Waals surface area contributed by atoms with E-state index in [1.165, 1.54) is 12.1 Å². The molecule has 0 bridgehead atoms. The standard InChI is InChI=1S/C11H12N2O4S2/c12-6-9-3-4-10(18-9)19(16,17)13-8-2-1-7(5-8)11(14)15/h3-4,7-8,13H,1-2,5H2,(H,14,15). The number of carbonyl (C=O) groups is 1. The van der Waals surface area contributed by atoms with Crippen LogP contribution in [0, 0.1) is 17.2 Å². The van der Waals surface area contributed by atoms with Crippen molar-refractivity contribution in [2.75, 3.05) is 0 Å². The summed E-state index contributed by atoms with van der Waals surface area (Å²) in [5, 5.41) is 17.5. The van der Waals surface area contributed by atoms with Crippen LogP contribution in [-0.2, 0) is 14.8 Å². The van der Waals surface area contributed by atoms with Crippen LogP contribution in [0.15, 0.2) is 16.3 Å². The van der Waals surface area contributed by atoms with Crippen LogP contribution in [0.4, 0.5) is 0 Å². The van der Waals surface area contributed by atoms with E-state index in [0.29, 0.717) is 24.1 Å². The van der Waals surface area contributed by atoms with E-state index in [1.807, 2.05) is 6.07 Å². The van der Waals surface area contributed by atoms with Crippen molar-refractivity contribution in [1.29, 1.82) is 5.26 Å². The zero-order chi connectivity index (χ0) is 14.0. The van der Waals surface area contributed by atoms with Crippen molar-refractivity contribution in [2.45, 2.75) is 29.5 Å². The van der Waals surface area contributed by atoms with E-state index in [0.717, 1.165) is 11.3 Å². The Labute approximate surface area is 114 Å². The van der Waals surface area contributed by atoms with E-state index in [1.54, 1.807) is 0 Å². The summed E-state index contributed by atoms with van der Waals surface area (Å²) in [4.78, 5) is 11.1. The monoisotopic (exact) mass is 300 g/mol. The Balaban J connectivity index is 2.07. The second-order valence-electron chi connectivity index (χ2n) is 4.40. The number of thiophene rings is 1. The average molecular weight is 300 g/mol. The number of sulfonamides is 1. The third kappa shape index (κ3) is 3.12. The topological polar surface area (TPSA) is 107 Å².